The Hall–Kier alpha value is -3.13. The average Bonchev–Trinajstić information content (AvgIpc) is 3.27. The van der Waals surface area contributed by atoms with E-state index in [9.17, 15) is 4.79 Å². The van der Waals surface area contributed by atoms with E-state index in [-0.39, 0.29) is 17.2 Å². The zero-order valence-corrected chi connectivity index (χ0v) is 16.5. The molecule has 0 unspecified atom stereocenters. The van der Waals surface area contributed by atoms with E-state index < -0.39 is 0 Å². The fourth-order valence-corrected chi connectivity index (χ4v) is 4.00. The Morgan fingerprint density at radius 1 is 1.28 bits per heavy atom. The summed E-state index contributed by atoms with van der Waals surface area (Å²) >= 11 is 0. The molecule has 1 amide bonds. The number of nitrogens with one attached hydrogen (secondary N) is 2. The van der Waals surface area contributed by atoms with Crippen molar-refractivity contribution in [1.82, 2.24) is 15.2 Å². The molecule has 0 atom stereocenters. The molecule has 8 nitrogen and oxygen atoms in total. The predicted octanol–water partition coefficient (Wildman–Crippen LogP) is 2.76. The van der Waals surface area contributed by atoms with E-state index in [1.54, 1.807) is 12.3 Å². The van der Waals surface area contributed by atoms with Crippen LogP contribution in [0.1, 0.15) is 29.9 Å². The van der Waals surface area contributed by atoms with Gasteiger partial charge < -0.3 is 19.7 Å². The minimum Gasteiger partial charge on any atom is -0.487 e. The fraction of sp³-hybridized carbons (Fsp3) is 0.381. The van der Waals surface area contributed by atoms with Gasteiger partial charge in [0.15, 0.2) is 5.69 Å². The third kappa shape index (κ3) is 3.29. The number of rotatable bonds is 3. The van der Waals surface area contributed by atoms with E-state index in [1.807, 2.05) is 18.2 Å². The summed E-state index contributed by atoms with van der Waals surface area (Å²) in [5.74, 6) is 0.587. The smallest absolute Gasteiger partial charge is 0.278 e. The minimum absolute atomic E-state index is 0.254. The van der Waals surface area contributed by atoms with Crippen molar-refractivity contribution in [3.8, 4) is 5.75 Å². The van der Waals surface area contributed by atoms with Crippen molar-refractivity contribution in [2.75, 3.05) is 36.5 Å². The highest BCUT2D eigenvalue weighted by molar-refractivity contribution is 6.11. The molecule has 0 spiro atoms. The maximum atomic E-state index is 13.0. The molecule has 2 aromatic heterocycles. The Bertz CT molecular complexity index is 1090. The van der Waals surface area contributed by atoms with Crippen LogP contribution in [0.25, 0.3) is 11.0 Å². The first-order valence-corrected chi connectivity index (χ1v) is 9.79. The monoisotopic (exact) mass is 393 g/mol. The standard InChI is InChI=1S/C21H23N5O3/c1-21(2)12-13-10-15(16(11-17(13)29-21)26-6-8-28-9-7-26)23-20(27)19-18-14(24-25-19)4-3-5-22-18/h3-5,10-11H,6-9,12H2,1-2H3,(H,23,27)(H,24,25). The number of pyridine rings is 1. The van der Waals surface area contributed by atoms with Crippen LogP contribution in [-0.4, -0.2) is 53.0 Å². The molecule has 3 aromatic rings. The van der Waals surface area contributed by atoms with Crippen LogP contribution < -0.4 is 15.0 Å². The molecule has 150 valence electrons. The number of aromatic nitrogens is 3. The van der Waals surface area contributed by atoms with Crippen LogP contribution in [0.4, 0.5) is 11.4 Å². The molecule has 0 radical (unpaired) electrons. The molecule has 2 aliphatic rings. The molecule has 0 saturated carbocycles. The summed E-state index contributed by atoms with van der Waals surface area (Å²) in [5, 5.41) is 10.1. The number of carbonyl (C=O) groups is 1. The molecule has 1 fully saturated rings. The van der Waals surface area contributed by atoms with Gasteiger partial charge in [-0.1, -0.05) is 0 Å². The van der Waals surface area contributed by atoms with Crippen molar-refractivity contribution in [2.45, 2.75) is 25.9 Å². The van der Waals surface area contributed by atoms with Gasteiger partial charge in [0.25, 0.3) is 5.91 Å². The molecule has 0 aliphatic carbocycles. The van der Waals surface area contributed by atoms with E-state index in [0.29, 0.717) is 18.7 Å². The summed E-state index contributed by atoms with van der Waals surface area (Å²) in [6.07, 6.45) is 2.45. The molecule has 2 aliphatic heterocycles. The zero-order chi connectivity index (χ0) is 20.0. The van der Waals surface area contributed by atoms with Crippen molar-refractivity contribution < 1.29 is 14.3 Å². The number of H-pyrrole nitrogens is 1. The lowest BCUT2D eigenvalue weighted by molar-refractivity contribution is 0.102. The van der Waals surface area contributed by atoms with Gasteiger partial charge in [0.05, 0.1) is 30.1 Å². The summed E-state index contributed by atoms with van der Waals surface area (Å²) in [4.78, 5) is 19.6. The molecule has 29 heavy (non-hydrogen) atoms. The summed E-state index contributed by atoms with van der Waals surface area (Å²) in [6.45, 7) is 6.98. The first-order chi connectivity index (χ1) is 14.0. The number of hydrogen-bond acceptors (Lipinski definition) is 6. The number of fused-ring (bicyclic) bond motifs is 2. The van der Waals surface area contributed by atoms with Crippen LogP contribution in [0, 0.1) is 0 Å². The maximum absolute atomic E-state index is 13.0. The number of hydrogen-bond donors (Lipinski definition) is 2. The quantitative estimate of drug-likeness (QED) is 0.711. The van der Waals surface area contributed by atoms with Crippen LogP contribution in [0.3, 0.4) is 0 Å². The molecule has 4 heterocycles. The first kappa shape index (κ1) is 17.9. The molecule has 8 heteroatoms. The second kappa shape index (κ2) is 6.73. The van der Waals surface area contributed by atoms with Crippen molar-refractivity contribution in [1.29, 1.82) is 0 Å². The van der Waals surface area contributed by atoms with Gasteiger partial charge in [0, 0.05) is 37.3 Å². The Morgan fingerprint density at radius 2 is 2.10 bits per heavy atom. The fourth-order valence-electron chi connectivity index (χ4n) is 4.00. The van der Waals surface area contributed by atoms with E-state index in [2.05, 4.69) is 39.2 Å². The normalized spacial score (nSPS) is 17.8. The predicted molar refractivity (Wildman–Crippen MR) is 110 cm³/mol. The minimum atomic E-state index is -0.289. The molecule has 1 saturated heterocycles. The number of carbonyl (C=O) groups excluding carboxylic acids is 1. The van der Waals surface area contributed by atoms with E-state index >= 15 is 0 Å². The maximum Gasteiger partial charge on any atom is 0.278 e. The SMILES string of the molecule is CC1(C)Cc2cc(NC(=O)c3n[nH]c4cccnc34)c(N3CCOCC3)cc2O1. The average molecular weight is 393 g/mol. The van der Waals surface area contributed by atoms with Gasteiger partial charge >= 0.3 is 0 Å². The van der Waals surface area contributed by atoms with Gasteiger partial charge in [0.1, 0.15) is 16.9 Å². The summed E-state index contributed by atoms with van der Waals surface area (Å²) in [6, 6.07) is 7.71. The van der Waals surface area contributed by atoms with E-state index in [4.69, 9.17) is 9.47 Å². The molecule has 2 N–H and O–H groups in total. The third-order valence-electron chi connectivity index (χ3n) is 5.32. The zero-order valence-electron chi connectivity index (χ0n) is 16.5. The topological polar surface area (TPSA) is 92.4 Å². The highest BCUT2D eigenvalue weighted by Gasteiger charge is 2.32. The lowest BCUT2D eigenvalue weighted by Gasteiger charge is -2.31. The number of benzene rings is 1. The van der Waals surface area contributed by atoms with Gasteiger partial charge in [-0.2, -0.15) is 5.10 Å². The highest BCUT2D eigenvalue weighted by atomic mass is 16.5. The second-order valence-electron chi connectivity index (χ2n) is 8.04. The molecular formula is C21H23N5O3. The summed E-state index contributed by atoms with van der Waals surface area (Å²) < 4.78 is 11.6. The van der Waals surface area contributed by atoms with Gasteiger partial charge in [0.2, 0.25) is 0 Å². The second-order valence-corrected chi connectivity index (χ2v) is 8.04. The Labute approximate surface area is 168 Å². The van der Waals surface area contributed by atoms with Crippen LogP contribution >= 0.6 is 0 Å². The molecule has 0 bridgehead atoms. The summed E-state index contributed by atoms with van der Waals surface area (Å²) in [5.41, 5.74) is 4.10. The first-order valence-electron chi connectivity index (χ1n) is 9.79. The lowest BCUT2D eigenvalue weighted by atomic mass is 10.0. The van der Waals surface area contributed by atoms with Gasteiger partial charge in [-0.05, 0) is 32.0 Å². The molecule has 1 aromatic carbocycles. The number of nitrogens with zero attached hydrogens (tertiary/aromatic N) is 3. The Balaban J connectivity index is 1.52. The Morgan fingerprint density at radius 3 is 2.93 bits per heavy atom. The van der Waals surface area contributed by atoms with E-state index in [1.165, 1.54) is 0 Å². The largest absolute Gasteiger partial charge is 0.487 e. The van der Waals surface area contributed by atoms with Gasteiger partial charge in [-0.3, -0.25) is 14.9 Å². The molecule has 5 rings (SSSR count). The van der Waals surface area contributed by atoms with Crippen molar-refractivity contribution in [3.05, 3.63) is 41.7 Å². The summed E-state index contributed by atoms with van der Waals surface area (Å²) in [7, 11) is 0. The van der Waals surface area contributed by atoms with Crippen LogP contribution in [-0.2, 0) is 11.2 Å². The van der Waals surface area contributed by atoms with Crippen molar-refractivity contribution in [3.63, 3.8) is 0 Å². The van der Waals surface area contributed by atoms with Crippen molar-refractivity contribution >= 4 is 28.3 Å². The number of morpholine rings is 1. The third-order valence-corrected chi connectivity index (χ3v) is 5.32. The van der Waals surface area contributed by atoms with Crippen LogP contribution in [0.2, 0.25) is 0 Å². The molecular weight excluding hydrogens is 370 g/mol. The Kier molecular flexibility index (Phi) is 4.16. The van der Waals surface area contributed by atoms with Crippen LogP contribution in [0.5, 0.6) is 5.75 Å². The van der Waals surface area contributed by atoms with Crippen molar-refractivity contribution in [2.24, 2.45) is 0 Å². The number of amides is 1. The lowest BCUT2D eigenvalue weighted by Crippen LogP contribution is -2.36. The number of anilines is 2. The number of ether oxygens (including phenoxy) is 2. The highest BCUT2D eigenvalue weighted by Crippen LogP contribution is 2.42. The van der Waals surface area contributed by atoms with Crippen LogP contribution in [0.15, 0.2) is 30.5 Å². The van der Waals surface area contributed by atoms with E-state index in [0.717, 1.165) is 47.7 Å². The number of aromatic amines is 1. The van der Waals surface area contributed by atoms with Gasteiger partial charge in [-0.25, -0.2) is 0 Å². The van der Waals surface area contributed by atoms with Gasteiger partial charge in [-0.15, -0.1) is 0 Å².